The Morgan fingerprint density at radius 2 is 2.03 bits per heavy atom. The van der Waals surface area contributed by atoms with Crippen LogP contribution in [0.5, 0.6) is 0 Å². The van der Waals surface area contributed by atoms with Crippen LogP contribution in [-0.2, 0) is 11.3 Å². The number of aromatic nitrogens is 3. The van der Waals surface area contributed by atoms with Gasteiger partial charge in [0.1, 0.15) is 17.1 Å². The van der Waals surface area contributed by atoms with Crippen molar-refractivity contribution in [3.63, 3.8) is 0 Å². The average Bonchev–Trinajstić information content (AvgIpc) is 3.12. The van der Waals surface area contributed by atoms with Gasteiger partial charge in [0.25, 0.3) is 0 Å². The maximum Gasteiger partial charge on any atom is 0.410 e. The molecule has 1 aliphatic rings. The molecule has 1 saturated heterocycles. The van der Waals surface area contributed by atoms with Crippen molar-refractivity contribution in [3.05, 3.63) is 47.0 Å². The molecule has 0 bridgehead atoms. The molecule has 2 heterocycles. The van der Waals surface area contributed by atoms with E-state index in [2.05, 4.69) is 20.9 Å². The monoisotopic (exact) mass is 446 g/mol. The molecule has 32 heavy (non-hydrogen) atoms. The Balaban J connectivity index is 1.46. The SMILES string of the molecule is CC[C@@H](NC(=O)NCc1cn(C2CN(C(=O)OC(C)(C)C)C2)nn1)c1ccc(C)c(F)c1. The second-order valence-electron chi connectivity index (χ2n) is 9.03. The molecule has 0 unspecified atom stereocenters. The van der Waals surface area contributed by atoms with Crippen LogP contribution in [0, 0.1) is 12.7 Å². The van der Waals surface area contributed by atoms with Crippen LogP contribution in [0.4, 0.5) is 14.0 Å². The zero-order valence-electron chi connectivity index (χ0n) is 19.2. The highest BCUT2D eigenvalue weighted by Gasteiger charge is 2.35. The number of hydrogen-bond acceptors (Lipinski definition) is 5. The summed E-state index contributed by atoms with van der Waals surface area (Å²) in [4.78, 5) is 26.0. The van der Waals surface area contributed by atoms with E-state index in [9.17, 15) is 14.0 Å². The van der Waals surface area contributed by atoms with E-state index in [1.54, 1.807) is 28.8 Å². The number of rotatable bonds is 6. The van der Waals surface area contributed by atoms with Crippen molar-refractivity contribution in [2.45, 2.75) is 65.3 Å². The van der Waals surface area contributed by atoms with Gasteiger partial charge in [0.2, 0.25) is 0 Å². The second kappa shape index (κ2) is 9.54. The fourth-order valence-corrected chi connectivity index (χ4v) is 3.30. The Kier molecular flexibility index (Phi) is 7.00. The normalized spacial score (nSPS) is 15.1. The summed E-state index contributed by atoms with van der Waals surface area (Å²) in [6.45, 7) is 10.3. The summed E-state index contributed by atoms with van der Waals surface area (Å²) in [5, 5.41) is 13.8. The highest BCUT2D eigenvalue weighted by Crippen LogP contribution is 2.23. The molecular weight excluding hydrogens is 415 g/mol. The third-order valence-corrected chi connectivity index (χ3v) is 5.19. The lowest BCUT2D eigenvalue weighted by Gasteiger charge is -2.39. The van der Waals surface area contributed by atoms with Crippen LogP contribution < -0.4 is 10.6 Å². The molecular formula is C22H31FN6O3. The fraction of sp³-hybridized carbons (Fsp3) is 0.545. The summed E-state index contributed by atoms with van der Waals surface area (Å²) in [5.41, 5.74) is 1.36. The zero-order chi connectivity index (χ0) is 23.5. The van der Waals surface area contributed by atoms with E-state index in [1.165, 1.54) is 6.07 Å². The summed E-state index contributed by atoms with van der Waals surface area (Å²) in [6, 6.07) is 4.34. The highest BCUT2D eigenvalue weighted by molar-refractivity contribution is 5.74. The number of urea groups is 1. The van der Waals surface area contributed by atoms with Crippen LogP contribution in [0.2, 0.25) is 0 Å². The molecule has 0 aliphatic carbocycles. The van der Waals surface area contributed by atoms with Gasteiger partial charge in [0.05, 0.1) is 24.8 Å². The Morgan fingerprint density at radius 1 is 1.31 bits per heavy atom. The molecule has 174 valence electrons. The van der Waals surface area contributed by atoms with Crippen molar-refractivity contribution in [2.75, 3.05) is 13.1 Å². The topological polar surface area (TPSA) is 101 Å². The predicted octanol–water partition coefficient (Wildman–Crippen LogP) is 3.47. The van der Waals surface area contributed by atoms with E-state index >= 15 is 0 Å². The number of carbonyl (C=O) groups is 2. The zero-order valence-corrected chi connectivity index (χ0v) is 19.2. The van der Waals surface area contributed by atoms with E-state index in [0.717, 1.165) is 5.56 Å². The van der Waals surface area contributed by atoms with Crippen molar-refractivity contribution < 1.29 is 18.7 Å². The first-order valence-electron chi connectivity index (χ1n) is 10.7. The molecule has 0 spiro atoms. The molecule has 1 atom stereocenters. The number of halogens is 1. The first kappa shape index (κ1) is 23.5. The molecule has 3 amide bonds. The molecule has 0 saturated carbocycles. The number of aryl methyl sites for hydroxylation is 1. The van der Waals surface area contributed by atoms with E-state index in [-0.39, 0.29) is 36.6 Å². The summed E-state index contributed by atoms with van der Waals surface area (Å²) in [6.07, 6.45) is 2.04. The Labute approximate surface area is 187 Å². The van der Waals surface area contributed by atoms with Crippen LogP contribution in [0.25, 0.3) is 0 Å². The molecule has 1 aromatic carbocycles. The van der Waals surface area contributed by atoms with Gasteiger partial charge in [-0.15, -0.1) is 5.10 Å². The minimum Gasteiger partial charge on any atom is -0.444 e. The van der Waals surface area contributed by atoms with Gasteiger partial charge in [0, 0.05) is 13.1 Å². The maximum absolute atomic E-state index is 13.9. The Morgan fingerprint density at radius 3 is 2.66 bits per heavy atom. The fourth-order valence-electron chi connectivity index (χ4n) is 3.30. The standard InChI is InChI=1S/C22H31FN6O3/c1-6-19(15-8-7-14(2)18(23)9-15)25-20(30)24-10-16-11-29(27-26-16)17-12-28(13-17)21(31)32-22(3,4)5/h7-9,11,17,19H,6,10,12-13H2,1-5H3,(H2,24,25,30)/t19-/m1/s1. The summed E-state index contributed by atoms with van der Waals surface area (Å²) >= 11 is 0. The number of nitrogens with one attached hydrogen (secondary N) is 2. The molecule has 0 radical (unpaired) electrons. The van der Waals surface area contributed by atoms with Gasteiger partial charge in [0.15, 0.2) is 0 Å². The molecule has 1 aromatic heterocycles. The highest BCUT2D eigenvalue weighted by atomic mass is 19.1. The van der Waals surface area contributed by atoms with Gasteiger partial charge in [-0.05, 0) is 51.3 Å². The van der Waals surface area contributed by atoms with Crippen molar-refractivity contribution in [1.82, 2.24) is 30.5 Å². The molecule has 2 N–H and O–H groups in total. The van der Waals surface area contributed by atoms with Gasteiger partial charge < -0.3 is 20.3 Å². The largest absolute Gasteiger partial charge is 0.444 e. The van der Waals surface area contributed by atoms with Crippen LogP contribution in [0.3, 0.4) is 0 Å². The maximum atomic E-state index is 13.9. The summed E-state index contributed by atoms with van der Waals surface area (Å²) in [5.74, 6) is -0.291. The number of amides is 3. The lowest BCUT2D eigenvalue weighted by atomic mass is 10.0. The third kappa shape index (κ3) is 5.95. The van der Waals surface area contributed by atoms with E-state index in [4.69, 9.17) is 4.74 Å². The Hall–Kier alpha value is -3.17. The first-order valence-corrected chi connectivity index (χ1v) is 10.7. The number of nitrogens with zero attached hydrogens (tertiary/aromatic N) is 4. The minimum absolute atomic E-state index is 0.0264. The van der Waals surface area contributed by atoms with Crippen LogP contribution in [0.1, 0.15) is 63.0 Å². The van der Waals surface area contributed by atoms with Crippen molar-refractivity contribution in [1.29, 1.82) is 0 Å². The first-order chi connectivity index (χ1) is 15.1. The molecule has 1 aliphatic heterocycles. The van der Waals surface area contributed by atoms with Crippen molar-refractivity contribution in [3.8, 4) is 0 Å². The molecule has 3 rings (SSSR count). The molecule has 10 heteroatoms. The molecule has 1 fully saturated rings. The summed E-state index contributed by atoms with van der Waals surface area (Å²) in [7, 11) is 0. The summed E-state index contributed by atoms with van der Waals surface area (Å²) < 4.78 is 20.9. The molecule has 9 nitrogen and oxygen atoms in total. The van der Waals surface area contributed by atoms with E-state index in [1.807, 2.05) is 33.8 Å². The van der Waals surface area contributed by atoms with E-state index in [0.29, 0.717) is 30.8 Å². The third-order valence-electron chi connectivity index (χ3n) is 5.19. The van der Waals surface area contributed by atoms with Gasteiger partial charge in [-0.25, -0.2) is 18.7 Å². The minimum atomic E-state index is -0.529. The predicted molar refractivity (Wildman–Crippen MR) is 116 cm³/mol. The smallest absolute Gasteiger partial charge is 0.410 e. The van der Waals surface area contributed by atoms with Crippen LogP contribution in [0.15, 0.2) is 24.4 Å². The quantitative estimate of drug-likeness (QED) is 0.708. The van der Waals surface area contributed by atoms with Crippen molar-refractivity contribution in [2.24, 2.45) is 0 Å². The van der Waals surface area contributed by atoms with Gasteiger partial charge in [-0.1, -0.05) is 24.3 Å². The van der Waals surface area contributed by atoms with Gasteiger partial charge in [-0.3, -0.25) is 0 Å². The van der Waals surface area contributed by atoms with Crippen LogP contribution >= 0.6 is 0 Å². The second-order valence-corrected chi connectivity index (χ2v) is 9.03. The number of likely N-dealkylation sites (tertiary alicyclic amines) is 1. The van der Waals surface area contributed by atoms with Gasteiger partial charge in [-0.2, -0.15) is 0 Å². The number of ether oxygens (including phenoxy) is 1. The number of hydrogen-bond donors (Lipinski definition) is 2. The van der Waals surface area contributed by atoms with Gasteiger partial charge >= 0.3 is 12.1 Å². The molecule has 2 aromatic rings. The number of carbonyl (C=O) groups excluding carboxylic acids is 2. The number of benzene rings is 1. The Bertz CT molecular complexity index is 965. The van der Waals surface area contributed by atoms with Crippen LogP contribution in [-0.4, -0.2) is 50.7 Å². The van der Waals surface area contributed by atoms with E-state index < -0.39 is 5.60 Å². The van der Waals surface area contributed by atoms with Crippen molar-refractivity contribution >= 4 is 12.1 Å². The lowest BCUT2D eigenvalue weighted by Crippen LogP contribution is -2.52. The lowest BCUT2D eigenvalue weighted by molar-refractivity contribution is -0.000621. The average molecular weight is 447 g/mol.